The van der Waals surface area contributed by atoms with Gasteiger partial charge < -0.3 is 5.32 Å². The summed E-state index contributed by atoms with van der Waals surface area (Å²) in [5.74, 6) is -0.0247. The average Bonchev–Trinajstić information content (AvgIpc) is 3.43. The number of hydrogen-bond acceptors (Lipinski definition) is 3. The second-order valence-corrected chi connectivity index (χ2v) is 7.23. The van der Waals surface area contributed by atoms with E-state index in [1.807, 2.05) is 24.3 Å². The lowest BCUT2D eigenvalue weighted by molar-refractivity contribution is 0.548. The van der Waals surface area contributed by atoms with Crippen LogP contribution in [0.2, 0.25) is 5.02 Å². The molecule has 1 aliphatic carbocycles. The lowest BCUT2D eigenvalue weighted by Gasteiger charge is -2.35. The van der Waals surface area contributed by atoms with Gasteiger partial charge in [0, 0.05) is 22.1 Å². The van der Waals surface area contributed by atoms with Crippen molar-refractivity contribution in [2.45, 2.75) is 24.8 Å². The molecule has 3 aromatic rings. The monoisotopic (exact) mass is 355 g/mol. The van der Waals surface area contributed by atoms with Gasteiger partial charge in [0.05, 0.1) is 17.0 Å². The van der Waals surface area contributed by atoms with Crippen LogP contribution in [0.4, 0.5) is 10.1 Å². The van der Waals surface area contributed by atoms with Crippen LogP contribution in [0.5, 0.6) is 0 Å². The number of nitrogens with one attached hydrogen (secondary N) is 2. The molecule has 1 aromatic heterocycles. The van der Waals surface area contributed by atoms with Gasteiger partial charge >= 0.3 is 0 Å². The molecular weight excluding hydrogens is 341 g/mol. The number of aromatic amines is 1. The minimum absolute atomic E-state index is 0.0794. The van der Waals surface area contributed by atoms with Gasteiger partial charge in [-0.1, -0.05) is 29.8 Å². The zero-order valence-corrected chi connectivity index (χ0v) is 14.0. The van der Waals surface area contributed by atoms with Crippen molar-refractivity contribution in [3.63, 3.8) is 0 Å². The van der Waals surface area contributed by atoms with Crippen LogP contribution in [-0.4, -0.2) is 16.2 Å². The third kappa shape index (κ3) is 2.26. The van der Waals surface area contributed by atoms with Crippen LogP contribution < -0.4 is 10.9 Å². The second kappa shape index (κ2) is 5.30. The summed E-state index contributed by atoms with van der Waals surface area (Å²) in [4.78, 5) is 12.2. The Kier molecular flexibility index (Phi) is 3.16. The fourth-order valence-electron chi connectivity index (χ4n) is 3.97. The SMILES string of the molecule is O=c1[nH]nc2c3c(cc(F)cc13)N[C@H](C1CC1)[C@H]2c1ccccc1Cl. The van der Waals surface area contributed by atoms with E-state index in [1.54, 1.807) is 0 Å². The Morgan fingerprint density at radius 2 is 2.00 bits per heavy atom. The van der Waals surface area contributed by atoms with Crippen molar-refractivity contribution in [1.82, 2.24) is 10.2 Å². The van der Waals surface area contributed by atoms with Gasteiger partial charge in [0.15, 0.2) is 0 Å². The average molecular weight is 356 g/mol. The number of rotatable bonds is 2. The van der Waals surface area contributed by atoms with Gasteiger partial charge in [-0.2, -0.15) is 5.10 Å². The highest BCUT2D eigenvalue weighted by Gasteiger charge is 2.43. The Labute approximate surface area is 148 Å². The van der Waals surface area contributed by atoms with Gasteiger partial charge in [-0.25, -0.2) is 9.49 Å². The molecule has 2 N–H and O–H groups in total. The topological polar surface area (TPSA) is 57.8 Å². The minimum Gasteiger partial charge on any atom is -0.380 e. The molecule has 1 saturated carbocycles. The number of nitrogens with zero attached hydrogens (tertiary/aromatic N) is 1. The van der Waals surface area contributed by atoms with E-state index in [1.165, 1.54) is 12.1 Å². The van der Waals surface area contributed by atoms with Gasteiger partial charge in [-0.3, -0.25) is 4.79 Å². The van der Waals surface area contributed by atoms with Crippen LogP contribution in [-0.2, 0) is 0 Å². The van der Waals surface area contributed by atoms with E-state index in [0.717, 1.165) is 24.1 Å². The molecule has 5 rings (SSSR count). The molecule has 0 bridgehead atoms. The lowest BCUT2D eigenvalue weighted by Crippen LogP contribution is -2.35. The summed E-state index contributed by atoms with van der Waals surface area (Å²) in [7, 11) is 0. The highest BCUT2D eigenvalue weighted by atomic mass is 35.5. The Balaban J connectivity index is 1.83. The highest BCUT2D eigenvalue weighted by Crippen LogP contribution is 2.49. The molecule has 0 spiro atoms. The summed E-state index contributed by atoms with van der Waals surface area (Å²) in [6.45, 7) is 0. The molecule has 25 heavy (non-hydrogen) atoms. The van der Waals surface area contributed by atoms with Crippen molar-refractivity contribution in [2.75, 3.05) is 5.32 Å². The number of aromatic nitrogens is 2. The normalized spacial score (nSPS) is 22.0. The second-order valence-electron chi connectivity index (χ2n) is 6.82. The molecule has 2 atom stereocenters. The predicted molar refractivity (Wildman–Crippen MR) is 95.8 cm³/mol. The molecule has 2 aliphatic rings. The Morgan fingerprint density at radius 3 is 2.76 bits per heavy atom. The summed E-state index contributed by atoms with van der Waals surface area (Å²) in [5.41, 5.74) is 1.99. The summed E-state index contributed by atoms with van der Waals surface area (Å²) in [6.07, 6.45) is 2.24. The van der Waals surface area contributed by atoms with Crippen LogP contribution in [0.3, 0.4) is 0 Å². The fourth-order valence-corrected chi connectivity index (χ4v) is 4.23. The van der Waals surface area contributed by atoms with Gasteiger partial charge in [-0.05, 0) is 42.5 Å². The van der Waals surface area contributed by atoms with Crippen molar-refractivity contribution in [3.05, 3.63) is 68.8 Å². The van der Waals surface area contributed by atoms with Crippen LogP contribution in [0, 0.1) is 11.7 Å². The van der Waals surface area contributed by atoms with Crippen LogP contribution in [0.15, 0.2) is 41.2 Å². The van der Waals surface area contributed by atoms with E-state index in [2.05, 4.69) is 15.5 Å². The summed E-state index contributed by atoms with van der Waals surface area (Å²) in [5, 5.41) is 12.1. The fraction of sp³-hybridized carbons (Fsp3) is 0.263. The molecule has 2 aromatic carbocycles. The quantitative estimate of drug-likeness (QED) is 0.729. The van der Waals surface area contributed by atoms with E-state index < -0.39 is 5.82 Å². The Bertz CT molecular complexity index is 1060. The van der Waals surface area contributed by atoms with Crippen LogP contribution in [0.25, 0.3) is 10.8 Å². The number of hydrogen-bond donors (Lipinski definition) is 2. The molecule has 1 aliphatic heterocycles. The van der Waals surface area contributed by atoms with Gasteiger partial charge in [0.2, 0.25) is 0 Å². The van der Waals surface area contributed by atoms with E-state index >= 15 is 0 Å². The highest BCUT2D eigenvalue weighted by molar-refractivity contribution is 6.31. The smallest absolute Gasteiger partial charge is 0.272 e. The van der Waals surface area contributed by atoms with Crippen molar-refractivity contribution < 1.29 is 4.39 Å². The van der Waals surface area contributed by atoms with Crippen molar-refractivity contribution in [1.29, 1.82) is 0 Å². The molecule has 2 heterocycles. The van der Waals surface area contributed by atoms with E-state index in [-0.39, 0.29) is 17.5 Å². The maximum atomic E-state index is 14.0. The number of halogens is 2. The maximum Gasteiger partial charge on any atom is 0.272 e. The first-order chi connectivity index (χ1) is 12.1. The van der Waals surface area contributed by atoms with E-state index in [9.17, 15) is 9.18 Å². The predicted octanol–water partition coefficient (Wildman–Crippen LogP) is 4.05. The zero-order chi connectivity index (χ0) is 17.1. The van der Waals surface area contributed by atoms with Gasteiger partial charge in [-0.15, -0.1) is 0 Å². The minimum atomic E-state index is -0.427. The van der Waals surface area contributed by atoms with Gasteiger partial charge in [0.25, 0.3) is 5.56 Å². The first kappa shape index (κ1) is 14.9. The standard InChI is InChI=1S/C19H15ClFN3O/c20-13-4-2-1-3-11(13)16-17(9-5-6-9)22-14-8-10(21)7-12-15(14)18(16)23-24-19(12)25/h1-4,7-9,16-17,22H,5-6H2,(H,24,25)/t16-,17-/m1/s1. The molecule has 126 valence electrons. The largest absolute Gasteiger partial charge is 0.380 e. The lowest BCUT2D eigenvalue weighted by atomic mass is 9.81. The Morgan fingerprint density at radius 1 is 1.20 bits per heavy atom. The maximum absolute atomic E-state index is 14.0. The van der Waals surface area contributed by atoms with Crippen molar-refractivity contribution >= 4 is 28.1 Å². The molecular formula is C19H15ClFN3O. The van der Waals surface area contributed by atoms with Crippen LogP contribution >= 0.6 is 11.6 Å². The number of anilines is 1. The number of H-pyrrole nitrogens is 1. The molecule has 0 saturated heterocycles. The zero-order valence-electron chi connectivity index (χ0n) is 13.2. The molecule has 0 radical (unpaired) electrons. The molecule has 0 unspecified atom stereocenters. The summed E-state index contributed by atoms with van der Waals surface area (Å²) in [6, 6.07) is 10.5. The van der Waals surface area contributed by atoms with E-state index in [4.69, 9.17) is 11.6 Å². The van der Waals surface area contributed by atoms with E-state index in [0.29, 0.717) is 27.4 Å². The molecule has 1 fully saturated rings. The molecule has 4 nitrogen and oxygen atoms in total. The first-order valence-corrected chi connectivity index (χ1v) is 8.74. The molecule has 6 heteroatoms. The third-order valence-corrected chi connectivity index (χ3v) is 5.57. The van der Waals surface area contributed by atoms with Crippen molar-refractivity contribution in [3.8, 4) is 0 Å². The first-order valence-electron chi connectivity index (χ1n) is 8.36. The van der Waals surface area contributed by atoms with Crippen molar-refractivity contribution in [2.24, 2.45) is 5.92 Å². The van der Waals surface area contributed by atoms with Gasteiger partial charge in [0.1, 0.15) is 5.82 Å². The molecule has 0 amide bonds. The summed E-state index contributed by atoms with van der Waals surface area (Å²) < 4.78 is 14.0. The summed E-state index contributed by atoms with van der Waals surface area (Å²) >= 11 is 6.48. The van der Waals surface area contributed by atoms with Crippen LogP contribution in [0.1, 0.15) is 30.0 Å². The Hall–Kier alpha value is -2.40. The third-order valence-electron chi connectivity index (χ3n) is 5.23. The number of benzene rings is 2.